The number of carbonyl (C=O) groups excluding carboxylic acids is 2. The highest BCUT2D eigenvalue weighted by Gasteiger charge is 2.17. The summed E-state index contributed by atoms with van der Waals surface area (Å²) in [7, 11) is 0. The van der Waals surface area contributed by atoms with Crippen LogP contribution in [0.4, 0.5) is 5.69 Å². The molecule has 2 aromatic carbocycles. The van der Waals surface area contributed by atoms with Gasteiger partial charge in [0.1, 0.15) is 13.2 Å². The summed E-state index contributed by atoms with van der Waals surface area (Å²) in [5.74, 6) is 0.262. The van der Waals surface area contributed by atoms with E-state index >= 15 is 0 Å². The number of hydrogen-bond acceptors (Lipinski definition) is 5. The predicted octanol–water partition coefficient (Wildman–Crippen LogP) is 3.54. The van der Waals surface area contributed by atoms with Crippen molar-refractivity contribution in [3.63, 3.8) is 0 Å². The van der Waals surface area contributed by atoms with Crippen LogP contribution in [-0.2, 0) is 4.74 Å². The molecule has 1 heterocycles. The number of amides is 1. The molecule has 0 aromatic heterocycles. The number of esters is 1. The molecule has 0 aliphatic carbocycles. The van der Waals surface area contributed by atoms with Crippen LogP contribution in [0.25, 0.3) is 0 Å². The van der Waals surface area contributed by atoms with E-state index in [2.05, 4.69) is 5.32 Å². The van der Waals surface area contributed by atoms with Crippen LogP contribution in [0.1, 0.15) is 27.6 Å². The van der Waals surface area contributed by atoms with Crippen molar-refractivity contribution in [2.45, 2.75) is 6.92 Å². The molecule has 130 valence electrons. The first-order valence-corrected chi connectivity index (χ1v) is 8.14. The summed E-state index contributed by atoms with van der Waals surface area (Å²) in [5.41, 5.74) is 1.05. The van der Waals surface area contributed by atoms with Gasteiger partial charge in [-0.05, 0) is 43.3 Å². The van der Waals surface area contributed by atoms with E-state index in [1.165, 1.54) is 12.1 Å². The molecule has 1 N–H and O–H groups in total. The summed E-state index contributed by atoms with van der Waals surface area (Å²) >= 11 is 6.02. The molecule has 1 amide bonds. The van der Waals surface area contributed by atoms with Crippen LogP contribution in [0.5, 0.6) is 11.5 Å². The Morgan fingerprint density at radius 1 is 1.12 bits per heavy atom. The predicted molar refractivity (Wildman–Crippen MR) is 92.8 cm³/mol. The van der Waals surface area contributed by atoms with Gasteiger partial charge < -0.3 is 19.5 Å². The van der Waals surface area contributed by atoms with Gasteiger partial charge in [0.05, 0.1) is 17.2 Å². The average molecular weight is 362 g/mol. The maximum absolute atomic E-state index is 12.4. The molecule has 1 aliphatic heterocycles. The SMILES string of the molecule is CCOC(=O)c1cc(NC(=O)c2ccc3c(c2)OCCO3)ccc1Cl. The fourth-order valence-corrected chi connectivity index (χ4v) is 2.55. The normalized spacial score (nSPS) is 12.4. The van der Waals surface area contributed by atoms with E-state index in [1.54, 1.807) is 31.2 Å². The summed E-state index contributed by atoms with van der Waals surface area (Å²) in [4.78, 5) is 24.3. The van der Waals surface area contributed by atoms with Crippen molar-refractivity contribution in [1.82, 2.24) is 0 Å². The lowest BCUT2D eigenvalue weighted by Gasteiger charge is -2.18. The minimum absolute atomic E-state index is 0.198. The second kappa shape index (κ2) is 7.44. The molecule has 0 spiro atoms. The molecule has 3 rings (SSSR count). The van der Waals surface area contributed by atoms with Crippen LogP contribution in [0.3, 0.4) is 0 Å². The maximum atomic E-state index is 12.4. The molecule has 2 aromatic rings. The molecule has 0 fully saturated rings. The molecule has 7 heteroatoms. The Morgan fingerprint density at radius 3 is 2.64 bits per heavy atom. The fourth-order valence-electron chi connectivity index (χ4n) is 2.36. The Bertz CT molecular complexity index is 821. The van der Waals surface area contributed by atoms with Crippen LogP contribution in [0, 0.1) is 0 Å². The second-order valence-corrected chi connectivity index (χ2v) is 5.63. The largest absolute Gasteiger partial charge is 0.486 e. The van der Waals surface area contributed by atoms with E-state index in [1.807, 2.05) is 0 Å². The first-order chi connectivity index (χ1) is 12.1. The quantitative estimate of drug-likeness (QED) is 0.843. The highest BCUT2D eigenvalue weighted by Crippen LogP contribution is 2.31. The standard InChI is InChI=1S/C18H16ClNO5/c1-2-23-18(22)13-10-12(4-5-14(13)19)20-17(21)11-3-6-15-16(9-11)25-8-7-24-15/h3-6,9-10H,2,7-8H2,1H3,(H,20,21). The monoisotopic (exact) mass is 361 g/mol. The molecule has 0 atom stereocenters. The van der Waals surface area contributed by atoms with E-state index < -0.39 is 5.97 Å². The van der Waals surface area contributed by atoms with Crippen molar-refractivity contribution in [2.24, 2.45) is 0 Å². The number of carbonyl (C=O) groups is 2. The first-order valence-electron chi connectivity index (χ1n) is 7.76. The third kappa shape index (κ3) is 3.85. The number of anilines is 1. The number of benzene rings is 2. The number of nitrogens with one attached hydrogen (secondary N) is 1. The van der Waals surface area contributed by atoms with Gasteiger partial charge in [0.2, 0.25) is 0 Å². The molecule has 6 nitrogen and oxygen atoms in total. The third-order valence-corrected chi connectivity index (χ3v) is 3.85. The average Bonchev–Trinajstić information content (AvgIpc) is 2.63. The molecule has 25 heavy (non-hydrogen) atoms. The maximum Gasteiger partial charge on any atom is 0.339 e. The molecular formula is C18H16ClNO5. The summed E-state index contributed by atoms with van der Waals surface area (Å²) in [6.45, 7) is 2.88. The number of halogens is 1. The Labute approximate surface area is 149 Å². The summed E-state index contributed by atoms with van der Waals surface area (Å²) in [5, 5.41) is 2.99. The van der Waals surface area contributed by atoms with Crippen molar-refractivity contribution in [3.8, 4) is 11.5 Å². The lowest BCUT2D eigenvalue weighted by atomic mass is 10.1. The van der Waals surface area contributed by atoms with Gasteiger partial charge >= 0.3 is 5.97 Å². The Morgan fingerprint density at radius 2 is 1.88 bits per heavy atom. The highest BCUT2D eigenvalue weighted by molar-refractivity contribution is 6.33. The van der Waals surface area contributed by atoms with Crippen molar-refractivity contribution in [3.05, 3.63) is 52.5 Å². The van der Waals surface area contributed by atoms with Crippen molar-refractivity contribution in [2.75, 3.05) is 25.1 Å². The van der Waals surface area contributed by atoms with Crippen LogP contribution < -0.4 is 14.8 Å². The lowest BCUT2D eigenvalue weighted by molar-refractivity contribution is 0.0526. The van der Waals surface area contributed by atoms with E-state index in [4.69, 9.17) is 25.8 Å². The van der Waals surface area contributed by atoms with Gasteiger partial charge in [-0.15, -0.1) is 0 Å². The van der Waals surface area contributed by atoms with E-state index in [-0.39, 0.29) is 23.1 Å². The van der Waals surface area contributed by atoms with E-state index in [9.17, 15) is 9.59 Å². The second-order valence-electron chi connectivity index (χ2n) is 5.23. The van der Waals surface area contributed by atoms with Gasteiger partial charge in [-0.2, -0.15) is 0 Å². The number of rotatable bonds is 4. The Balaban J connectivity index is 1.79. The Hall–Kier alpha value is -2.73. The highest BCUT2D eigenvalue weighted by atomic mass is 35.5. The van der Waals surface area contributed by atoms with Crippen molar-refractivity contribution in [1.29, 1.82) is 0 Å². The zero-order valence-corrected chi connectivity index (χ0v) is 14.3. The van der Waals surface area contributed by atoms with Crippen LogP contribution >= 0.6 is 11.6 Å². The molecular weight excluding hydrogens is 346 g/mol. The van der Waals surface area contributed by atoms with Gasteiger partial charge in [-0.25, -0.2) is 4.79 Å². The van der Waals surface area contributed by atoms with Gasteiger partial charge in [0.15, 0.2) is 11.5 Å². The first kappa shape index (κ1) is 17.1. The van der Waals surface area contributed by atoms with Crippen molar-refractivity contribution >= 4 is 29.2 Å². The summed E-state index contributed by atoms with van der Waals surface area (Å²) in [6.07, 6.45) is 0. The fraction of sp³-hybridized carbons (Fsp3) is 0.222. The zero-order chi connectivity index (χ0) is 17.8. The Kier molecular flexibility index (Phi) is 5.09. The van der Waals surface area contributed by atoms with E-state index in [0.29, 0.717) is 36.0 Å². The minimum atomic E-state index is -0.539. The number of fused-ring (bicyclic) bond motifs is 1. The number of ether oxygens (including phenoxy) is 3. The molecule has 0 saturated heterocycles. The van der Waals surface area contributed by atoms with Gasteiger partial charge in [0, 0.05) is 11.3 Å². The van der Waals surface area contributed by atoms with Gasteiger partial charge in [0.25, 0.3) is 5.91 Å². The summed E-state index contributed by atoms with van der Waals surface area (Å²) in [6, 6.07) is 9.58. The van der Waals surface area contributed by atoms with Crippen LogP contribution in [-0.4, -0.2) is 31.7 Å². The number of hydrogen-bond donors (Lipinski definition) is 1. The minimum Gasteiger partial charge on any atom is -0.486 e. The van der Waals surface area contributed by atoms with Gasteiger partial charge in [-0.3, -0.25) is 4.79 Å². The van der Waals surface area contributed by atoms with Crippen LogP contribution in [0.2, 0.25) is 5.02 Å². The van der Waals surface area contributed by atoms with Crippen LogP contribution in [0.15, 0.2) is 36.4 Å². The zero-order valence-electron chi connectivity index (χ0n) is 13.5. The van der Waals surface area contributed by atoms with Crippen molar-refractivity contribution < 1.29 is 23.8 Å². The molecule has 1 aliphatic rings. The molecule has 0 unspecified atom stereocenters. The smallest absolute Gasteiger partial charge is 0.339 e. The topological polar surface area (TPSA) is 73.9 Å². The molecule has 0 radical (unpaired) electrons. The van der Waals surface area contributed by atoms with E-state index in [0.717, 1.165) is 0 Å². The lowest BCUT2D eigenvalue weighted by Crippen LogP contribution is -2.17. The summed E-state index contributed by atoms with van der Waals surface area (Å²) < 4.78 is 15.9. The third-order valence-electron chi connectivity index (χ3n) is 3.52. The molecule has 0 saturated carbocycles. The molecule has 0 bridgehead atoms. The van der Waals surface area contributed by atoms with Gasteiger partial charge in [-0.1, -0.05) is 11.6 Å².